The van der Waals surface area contributed by atoms with E-state index < -0.39 is 10.0 Å². The van der Waals surface area contributed by atoms with Gasteiger partial charge in [-0.05, 0) is 60.3 Å². The van der Waals surface area contributed by atoms with Gasteiger partial charge in [0.1, 0.15) is 10.7 Å². The van der Waals surface area contributed by atoms with E-state index in [9.17, 15) is 8.42 Å². The minimum Gasteiger partial charge on any atom is -0.315 e. The van der Waals surface area contributed by atoms with Gasteiger partial charge in [0, 0.05) is 39.2 Å². The molecule has 140 valence electrons. The number of halogens is 1. The molecule has 0 aromatic carbocycles. The standard InChI is InChI=1S/C17H21BrN4O2S2/c1-12-8-13(18)9-21-15(12)4-2-3-5-19-6-7-20-17-14-10-25-11-16(14)26(23,24)22-17/h8-11,19H,2-7H2,1H3,(H,20,22). The summed E-state index contributed by atoms with van der Waals surface area (Å²) < 4.78 is 27.3. The molecule has 0 amide bonds. The van der Waals surface area contributed by atoms with Gasteiger partial charge >= 0.3 is 0 Å². The van der Waals surface area contributed by atoms with E-state index in [4.69, 9.17) is 0 Å². The Morgan fingerprint density at radius 1 is 1.31 bits per heavy atom. The van der Waals surface area contributed by atoms with E-state index in [1.807, 2.05) is 11.6 Å². The maximum Gasteiger partial charge on any atom is 0.264 e. The van der Waals surface area contributed by atoms with Crippen molar-refractivity contribution in [3.05, 3.63) is 44.3 Å². The van der Waals surface area contributed by atoms with Crippen molar-refractivity contribution in [2.75, 3.05) is 19.6 Å². The lowest BCUT2D eigenvalue weighted by atomic mass is 10.1. The molecule has 0 saturated carbocycles. The minimum absolute atomic E-state index is 0.339. The number of nitrogens with zero attached hydrogens (tertiary/aromatic N) is 2. The van der Waals surface area contributed by atoms with Crippen LogP contribution in [0.15, 0.2) is 37.4 Å². The fourth-order valence-corrected chi connectivity index (χ4v) is 5.64. The van der Waals surface area contributed by atoms with Gasteiger partial charge in [-0.15, -0.1) is 0 Å². The van der Waals surface area contributed by atoms with Crippen molar-refractivity contribution in [2.24, 2.45) is 4.99 Å². The second-order valence-corrected chi connectivity index (χ2v) is 9.42. The normalized spacial score (nSPS) is 16.6. The predicted octanol–water partition coefficient (Wildman–Crippen LogP) is 2.87. The zero-order valence-electron chi connectivity index (χ0n) is 14.5. The molecule has 26 heavy (non-hydrogen) atoms. The van der Waals surface area contributed by atoms with E-state index in [1.54, 1.807) is 5.38 Å². The van der Waals surface area contributed by atoms with Crippen LogP contribution in [0.25, 0.3) is 0 Å². The number of sulfonamides is 1. The van der Waals surface area contributed by atoms with Crippen molar-refractivity contribution in [3.8, 4) is 0 Å². The molecule has 0 fully saturated rings. The van der Waals surface area contributed by atoms with E-state index >= 15 is 0 Å². The number of nitrogens with one attached hydrogen (secondary N) is 2. The average molecular weight is 457 g/mol. The monoisotopic (exact) mass is 456 g/mol. The molecule has 2 aromatic heterocycles. The van der Waals surface area contributed by atoms with Crippen LogP contribution in [-0.4, -0.2) is 38.9 Å². The van der Waals surface area contributed by atoms with Gasteiger partial charge in [-0.25, -0.2) is 8.42 Å². The van der Waals surface area contributed by atoms with Crippen molar-refractivity contribution < 1.29 is 8.42 Å². The summed E-state index contributed by atoms with van der Waals surface area (Å²) in [4.78, 5) is 9.17. The van der Waals surface area contributed by atoms with Crippen molar-refractivity contribution in [3.63, 3.8) is 0 Å². The van der Waals surface area contributed by atoms with E-state index in [0.717, 1.165) is 42.5 Å². The highest BCUT2D eigenvalue weighted by Crippen LogP contribution is 2.26. The van der Waals surface area contributed by atoms with Crippen molar-refractivity contribution in [1.82, 2.24) is 15.0 Å². The Morgan fingerprint density at radius 2 is 2.15 bits per heavy atom. The summed E-state index contributed by atoms with van der Waals surface area (Å²) >= 11 is 4.81. The van der Waals surface area contributed by atoms with Gasteiger partial charge < -0.3 is 5.32 Å². The molecule has 0 unspecified atom stereocenters. The summed E-state index contributed by atoms with van der Waals surface area (Å²) in [7, 11) is -3.40. The summed E-state index contributed by atoms with van der Waals surface area (Å²) in [6, 6.07) is 2.09. The van der Waals surface area contributed by atoms with Gasteiger partial charge in [-0.3, -0.25) is 14.7 Å². The number of unbranched alkanes of at least 4 members (excludes halogenated alkanes) is 1. The number of pyridine rings is 1. The number of hydrogen-bond donors (Lipinski definition) is 2. The molecular weight excluding hydrogens is 436 g/mol. The van der Waals surface area contributed by atoms with Crippen LogP contribution in [-0.2, 0) is 16.4 Å². The maximum atomic E-state index is 11.9. The molecule has 0 atom stereocenters. The molecular formula is C17H21BrN4O2S2. The van der Waals surface area contributed by atoms with Crippen LogP contribution in [0.1, 0.15) is 29.7 Å². The highest BCUT2D eigenvalue weighted by atomic mass is 79.9. The fraction of sp³-hybridized carbons (Fsp3) is 0.412. The quantitative estimate of drug-likeness (QED) is 0.598. The van der Waals surface area contributed by atoms with E-state index in [-0.39, 0.29) is 0 Å². The summed E-state index contributed by atoms with van der Waals surface area (Å²) in [6.45, 7) is 4.26. The zero-order chi connectivity index (χ0) is 18.6. The molecule has 0 saturated heterocycles. The molecule has 0 bridgehead atoms. The van der Waals surface area contributed by atoms with Gasteiger partial charge in [0.05, 0.1) is 6.54 Å². The van der Waals surface area contributed by atoms with Crippen LogP contribution < -0.4 is 10.0 Å². The van der Waals surface area contributed by atoms with Crippen LogP contribution >= 0.6 is 27.3 Å². The van der Waals surface area contributed by atoms with Gasteiger partial charge in [-0.2, -0.15) is 11.3 Å². The van der Waals surface area contributed by atoms with Crippen molar-refractivity contribution >= 4 is 43.1 Å². The zero-order valence-corrected chi connectivity index (χ0v) is 17.7. The molecule has 3 rings (SSSR count). The fourth-order valence-electron chi connectivity index (χ4n) is 2.77. The summed E-state index contributed by atoms with van der Waals surface area (Å²) in [5, 5.41) is 6.80. The smallest absolute Gasteiger partial charge is 0.264 e. The molecule has 2 aromatic rings. The third kappa shape index (κ3) is 4.70. The molecule has 6 nitrogen and oxygen atoms in total. The summed E-state index contributed by atoms with van der Waals surface area (Å²) in [6.07, 6.45) is 4.96. The number of rotatable bonds is 8. The first-order valence-corrected chi connectivity index (χ1v) is 11.6. The number of thiophene rings is 1. The van der Waals surface area contributed by atoms with Gasteiger partial charge in [0.2, 0.25) is 0 Å². The molecule has 2 N–H and O–H groups in total. The van der Waals surface area contributed by atoms with E-state index in [0.29, 0.717) is 22.8 Å². The number of amidine groups is 1. The number of aliphatic imine (C=N–C) groups is 1. The topological polar surface area (TPSA) is 83.4 Å². The first-order valence-electron chi connectivity index (χ1n) is 8.43. The average Bonchev–Trinajstić information content (AvgIpc) is 3.16. The minimum atomic E-state index is -3.40. The lowest BCUT2D eigenvalue weighted by Gasteiger charge is -2.06. The van der Waals surface area contributed by atoms with Crippen molar-refractivity contribution in [1.29, 1.82) is 0 Å². The molecule has 1 aliphatic rings. The molecule has 9 heteroatoms. The molecule has 0 radical (unpaired) electrons. The Labute approximate surface area is 166 Å². The number of hydrogen-bond acceptors (Lipinski definition) is 6. The highest BCUT2D eigenvalue weighted by molar-refractivity contribution is 9.10. The SMILES string of the molecule is Cc1cc(Br)cnc1CCCCNCCN=C1NS(=O)(=O)c2cscc21. The molecule has 0 aliphatic carbocycles. The number of fused-ring (bicyclic) bond motifs is 1. The first-order chi connectivity index (χ1) is 12.5. The van der Waals surface area contributed by atoms with Crippen LogP contribution in [0.5, 0.6) is 0 Å². The summed E-state index contributed by atoms with van der Waals surface area (Å²) in [5.41, 5.74) is 3.06. The van der Waals surface area contributed by atoms with Crippen LogP contribution in [0.4, 0.5) is 0 Å². The Morgan fingerprint density at radius 3 is 2.96 bits per heavy atom. The van der Waals surface area contributed by atoms with Crippen LogP contribution in [0, 0.1) is 6.92 Å². The number of aromatic nitrogens is 1. The third-order valence-electron chi connectivity index (χ3n) is 4.13. The highest BCUT2D eigenvalue weighted by Gasteiger charge is 2.31. The van der Waals surface area contributed by atoms with Gasteiger partial charge in [0.25, 0.3) is 10.0 Å². The largest absolute Gasteiger partial charge is 0.315 e. The predicted molar refractivity (Wildman–Crippen MR) is 109 cm³/mol. The Bertz CT molecular complexity index is 909. The molecule has 1 aliphatic heterocycles. The van der Waals surface area contributed by atoms with Crippen LogP contribution in [0.3, 0.4) is 0 Å². The maximum absolute atomic E-state index is 11.9. The second kappa shape index (κ2) is 8.60. The van der Waals surface area contributed by atoms with Gasteiger partial charge in [0.15, 0.2) is 0 Å². The Kier molecular flexibility index (Phi) is 6.44. The first kappa shape index (κ1) is 19.5. The Balaban J connectivity index is 1.34. The van der Waals surface area contributed by atoms with Gasteiger partial charge in [-0.1, -0.05) is 0 Å². The van der Waals surface area contributed by atoms with Crippen LogP contribution in [0.2, 0.25) is 0 Å². The lowest BCUT2D eigenvalue weighted by molar-refractivity contribution is 0.595. The third-order valence-corrected chi connectivity index (χ3v) is 6.84. The molecule has 0 spiro atoms. The molecule has 3 heterocycles. The number of aryl methyl sites for hydroxylation is 2. The van der Waals surface area contributed by atoms with E-state index in [2.05, 4.69) is 48.9 Å². The summed E-state index contributed by atoms with van der Waals surface area (Å²) in [5.74, 6) is 0.458. The van der Waals surface area contributed by atoms with E-state index in [1.165, 1.54) is 16.9 Å². The Hall–Kier alpha value is -1.29. The van der Waals surface area contributed by atoms with Crippen molar-refractivity contribution in [2.45, 2.75) is 31.1 Å². The lowest BCUT2D eigenvalue weighted by Crippen LogP contribution is -2.24. The second-order valence-electron chi connectivity index (χ2n) is 6.11.